The molecule has 0 aliphatic carbocycles. The highest BCUT2D eigenvalue weighted by Gasteiger charge is 2.37. The van der Waals surface area contributed by atoms with Crippen LogP contribution in [0, 0.1) is 0 Å². The van der Waals surface area contributed by atoms with Crippen molar-refractivity contribution in [2.24, 2.45) is 0 Å². The Hall–Kier alpha value is -1.82. The zero-order valence-corrected chi connectivity index (χ0v) is 16.9. The smallest absolute Gasteiger partial charge is 0.118 e. The number of nitrogens with one attached hydrogen (secondary N) is 1. The minimum Gasteiger partial charge on any atom is -0.497 e. The number of hydrogen-bond acceptors (Lipinski definition) is 4. The molecule has 1 aliphatic rings. The van der Waals surface area contributed by atoms with Crippen LogP contribution in [0.2, 0.25) is 12.6 Å². The molecule has 0 radical (unpaired) electrons. The van der Waals surface area contributed by atoms with Crippen molar-refractivity contribution in [1.82, 2.24) is 5.32 Å². The predicted molar refractivity (Wildman–Crippen MR) is 109 cm³/mol. The number of ether oxygens (including phenoxy) is 2. The first-order chi connectivity index (χ1) is 12.6. The number of aliphatic hydroxyl groups excluding tert-OH is 1. The van der Waals surface area contributed by atoms with Crippen molar-refractivity contribution in [3.63, 3.8) is 0 Å². The molecule has 2 aromatic rings. The highest BCUT2D eigenvalue weighted by Crippen LogP contribution is 2.22. The van der Waals surface area contributed by atoms with E-state index in [2.05, 4.69) is 36.1 Å². The molecule has 26 heavy (non-hydrogen) atoms. The Morgan fingerprint density at radius 1 is 1.00 bits per heavy atom. The number of aliphatic hydroxyl groups is 1. The lowest BCUT2D eigenvalue weighted by atomic mass is 10.1. The van der Waals surface area contributed by atoms with Crippen LogP contribution in [0.1, 0.15) is 12.8 Å². The Bertz CT molecular complexity index is 649. The summed E-state index contributed by atoms with van der Waals surface area (Å²) in [6, 6.07) is 17.7. The SMILES string of the molecule is COc1ccc([Si](C)(C[C@@H](O)[C@@H]2CCCN2)c2ccc(OC)cc2)cc1. The summed E-state index contributed by atoms with van der Waals surface area (Å²) in [7, 11) is 1.27. The van der Waals surface area contributed by atoms with Gasteiger partial charge in [-0.15, -0.1) is 0 Å². The van der Waals surface area contributed by atoms with E-state index in [1.165, 1.54) is 10.4 Å². The van der Waals surface area contributed by atoms with Gasteiger partial charge >= 0.3 is 0 Å². The minimum atomic E-state index is -2.10. The first kappa shape index (κ1) is 19.0. The van der Waals surface area contributed by atoms with E-state index in [1.807, 2.05) is 24.3 Å². The van der Waals surface area contributed by atoms with Gasteiger partial charge in [-0.3, -0.25) is 0 Å². The summed E-state index contributed by atoms with van der Waals surface area (Å²) in [5.74, 6) is 1.72. The average molecular weight is 372 g/mol. The summed E-state index contributed by atoms with van der Waals surface area (Å²) in [5, 5.41) is 17.0. The molecule has 1 saturated heterocycles. The van der Waals surface area contributed by atoms with Crippen LogP contribution in [0.25, 0.3) is 0 Å². The van der Waals surface area contributed by atoms with E-state index in [0.717, 1.165) is 36.9 Å². The average Bonchev–Trinajstić information content (AvgIpc) is 3.23. The minimum absolute atomic E-state index is 0.207. The molecule has 0 bridgehead atoms. The summed E-state index contributed by atoms with van der Waals surface area (Å²) in [6.45, 7) is 3.35. The van der Waals surface area contributed by atoms with Crippen LogP contribution in [0.3, 0.4) is 0 Å². The quantitative estimate of drug-likeness (QED) is 0.731. The number of benzene rings is 2. The summed E-state index contributed by atoms with van der Waals surface area (Å²) < 4.78 is 10.6. The lowest BCUT2D eigenvalue weighted by Crippen LogP contribution is -2.58. The number of methoxy groups -OCH3 is 2. The predicted octanol–water partition coefficient (Wildman–Crippen LogP) is 2.01. The van der Waals surface area contributed by atoms with Gasteiger partial charge in [0.25, 0.3) is 0 Å². The third kappa shape index (κ3) is 3.95. The van der Waals surface area contributed by atoms with Crippen molar-refractivity contribution in [1.29, 1.82) is 0 Å². The second-order valence-corrected chi connectivity index (χ2v) is 11.5. The second kappa shape index (κ2) is 8.25. The van der Waals surface area contributed by atoms with E-state index < -0.39 is 8.07 Å². The lowest BCUT2D eigenvalue weighted by Gasteiger charge is -2.33. The third-order valence-corrected chi connectivity index (χ3v) is 10.1. The molecule has 4 nitrogen and oxygen atoms in total. The van der Waals surface area contributed by atoms with Crippen LogP contribution < -0.4 is 25.2 Å². The van der Waals surface area contributed by atoms with Gasteiger partial charge in [-0.25, -0.2) is 0 Å². The van der Waals surface area contributed by atoms with Gasteiger partial charge in [0.1, 0.15) is 19.6 Å². The standard InChI is InChI=1S/C21H29NO3Si/c1-24-16-6-10-18(11-7-16)26(3,15-21(23)20-5-4-14-22-20)19-12-8-17(25-2)9-13-19/h6-13,20-23H,4-5,14-15H2,1-3H3/t20-,21+/m0/s1. The van der Waals surface area contributed by atoms with Crippen LogP contribution in [0.4, 0.5) is 0 Å². The fourth-order valence-electron chi connectivity index (χ4n) is 3.92. The van der Waals surface area contributed by atoms with Crippen molar-refractivity contribution in [2.75, 3.05) is 20.8 Å². The normalized spacial score (nSPS) is 18.5. The molecule has 2 N–H and O–H groups in total. The monoisotopic (exact) mass is 371 g/mol. The van der Waals surface area contributed by atoms with Gasteiger partial charge in [0, 0.05) is 6.04 Å². The van der Waals surface area contributed by atoms with E-state index in [0.29, 0.717) is 0 Å². The summed E-state index contributed by atoms with van der Waals surface area (Å²) in [4.78, 5) is 0. The Morgan fingerprint density at radius 3 is 1.88 bits per heavy atom. The van der Waals surface area contributed by atoms with Gasteiger partial charge in [-0.2, -0.15) is 0 Å². The molecule has 0 unspecified atom stereocenters. The van der Waals surface area contributed by atoms with E-state index in [4.69, 9.17) is 9.47 Å². The largest absolute Gasteiger partial charge is 0.497 e. The lowest BCUT2D eigenvalue weighted by molar-refractivity contribution is 0.153. The van der Waals surface area contributed by atoms with E-state index in [9.17, 15) is 5.11 Å². The van der Waals surface area contributed by atoms with Crippen molar-refractivity contribution < 1.29 is 14.6 Å². The molecule has 0 spiro atoms. The van der Waals surface area contributed by atoms with Gasteiger partial charge in [0.05, 0.1) is 20.3 Å². The topological polar surface area (TPSA) is 50.7 Å². The molecule has 1 fully saturated rings. The Morgan fingerprint density at radius 2 is 1.50 bits per heavy atom. The Kier molecular flexibility index (Phi) is 6.01. The highest BCUT2D eigenvalue weighted by molar-refractivity contribution is 7.01. The molecule has 2 aromatic carbocycles. The summed E-state index contributed by atoms with van der Waals surface area (Å²) in [6.07, 6.45) is 1.86. The molecular weight excluding hydrogens is 342 g/mol. The van der Waals surface area contributed by atoms with Gasteiger partial charge in [0.2, 0.25) is 0 Å². The van der Waals surface area contributed by atoms with Gasteiger partial charge in [0.15, 0.2) is 0 Å². The molecule has 2 atom stereocenters. The van der Waals surface area contributed by atoms with E-state index >= 15 is 0 Å². The van der Waals surface area contributed by atoms with E-state index in [-0.39, 0.29) is 12.1 Å². The van der Waals surface area contributed by atoms with Gasteiger partial charge in [-0.05, 0) is 49.7 Å². The number of hydrogen-bond donors (Lipinski definition) is 2. The van der Waals surface area contributed by atoms with Gasteiger partial charge in [-0.1, -0.05) is 41.2 Å². The second-order valence-electron chi connectivity index (χ2n) is 7.26. The van der Waals surface area contributed by atoms with Crippen molar-refractivity contribution in [2.45, 2.75) is 37.6 Å². The molecule has 1 aliphatic heterocycles. The Labute approximate surface area is 157 Å². The van der Waals surface area contributed by atoms with Crippen LogP contribution in [0.5, 0.6) is 11.5 Å². The maximum atomic E-state index is 10.9. The molecule has 0 aromatic heterocycles. The fourth-order valence-corrected chi connectivity index (χ4v) is 7.65. The van der Waals surface area contributed by atoms with Crippen LogP contribution in [-0.4, -0.2) is 46.1 Å². The zero-order valence-electron chi connectivity index (χ0n) is 15.9. The molecule has 1 heterocycles. The maximum absolute atomic E-state index is 10.9. The molecular formula is C21H29NO3Si. The maximum Gasteiger partial charge on any atom is 0.118 e. The van der Waals surface area contributed by atoms with Crippen molar-refractivity contribution in [3.8, 4) is 11.5 Å². The van der Waals surface area contributed by atoms with Crippen molar-refractivity contribution >= 4 is 18.4 Å². The first-order valence-electron chi connectivity index (χ1n) is 9.27. The zero-order chi connectivity index (χ0) is 18.6. The Balaban J connectivity index is 1.95. The summed E-state index contributed by atoms with van der Waals surface area (Å²) in [5.41, 5.74) is 0. The molecule has 5 heteroatoms. The van der Waals surface area contributed by atoms with Gasteiger partial charge < -0.3 is 19.9 Å². The molecule has 3 rings (SSSR count). The first-order valence-corrected chi connectivity index (χ1v) is 12.0. The fraction of sp³-hybridized carbons (Fsp3) is 0.429. The van der Waals surface area contributed by atoms with Crippen LogP contribution in [0.15, 0.2) is 48.5 Å². The van der Waals surface area contributed by atoms with Crippen LogP contribution >= 0.6 is 0 Å². The number of rotatable bonds is 7. The molecule has 140 valence electrons. The summed E-state index contributed by atoms with van der Waals surface area (Å²) >= 11 is 0. The molecule has 0 amide bonds. The highest BCUT2D eigenvalue weighted by atomic mass is 28.3. The van der Waals surface area contributed by atoms with E-state index in [1.54, 1.807) is 14.2 Å². The third-order valence-electron chi connectivity index (χ3n) is 5.63. The molecule has 0 saturated carbocycles. The van der Waals surface area contributed by atoms with Crippen LogP contribution in [-0.2, 0) is 0 Å². The van der Waals surface area contributed by atoms with Crippen molar-refractivity contribution in [3.05, 3.63) is 48.5 Å².